The molecule has 1 aliphatic rings. The van der Waals surface area contributed by atoms with Gasteiger partial charge in [-0.3, -0.25) is 0 Å². The molecule has 0 radical (unpaired) electrons. The first-order valence-corrected chi connectivity index (χ1v) is 9.16. The van der Waals surface area contributed by atoms with E-state index in [-0.39, 0.29) is 0 Å². The molecule has 1 nitrogen and oxygen atoms in total. The van der Waals surface area contributed by atoms with Gasteiger partial charge in [-0.05, 0) is 90.3 Å². The summed E-state index contributed by atoms with van der Waals surface area (Å²) in [6, 6.07) is 9.59. The summed E-state index contributed by atoms with van der Waals surface area (Å²) in [6.45, 7) is 8.23. The third-order valence-electron chi connectivity index (χ3n) is 4.51. The highest BCUT2D eigenvalue weighted by Crippen LogP contribution is 2.40. The maximum Gasteiger partial charge on any atom is 0.0349 e. The summed E-state index contributed by atoms with van der Waals surface area (Å²) in [5.41, 5.74) is 1.48. The van der Waals surface area contributed by atoms with Gasteiger partial charge in [0.2, 0.25) is 0 Å². The first kappa shape index (κ1) is 16.3. The number of halogens is 1. The van der Waals surface area contributed by atoms with Gasteiger partial charge in [0.05, 0.1) is 0 Å². The van der Waals surface area contributed by atoms with Crippen LogP contribution in [0.1, 0.15) is 58.1 Å². The van der Waals surface area contributed by atoms with Gasteiger partial charge in [-0.1, -0.05) is 32.9 Å². The van der Waals surface area contributed by atoms with Crippen molar-refractivity contribution in [1.29, 1.82) is 0 Å². The summed E-state index contributed by atoms with van der Waals surface area (Å²) in [4.78, 5) is 0. The van der Waals surface area contributed by atoms with E-state index >= 15 is 0 Å². The van der Waals surface area contributed by atoms with Gasteiger partial charge in [-0.25, -0.2) is 0 Å². The maximum absolute atomic E-state index is 3.82. The second kappa shape index (κ2) is 7.79. The highest BCUT2D eigenvalue weighted by molar-refractivity contribution is 14.1. The monoisotopic (exact) mass is 385 g/mol. The molecule has 1 aromatic carbocycles. The molecule has 2 rings (SSSR count). The van der Waals surface area contributed by atoms with E-state index in [0.717, 1.165) is 24.3 Å². The van der Waals surface area contributed by atoms with Crippen LogP contribution in [-0.4, -0.2) is 6.54 Å². The van der Waals surface area contributed by atoms with Gasteiger partial charge in [0, 0.05) is 9.61 Å². The van der Waals surface area contributed by atoms with Crippen molar-refractivity contribution in [2.45, 2.75) is 52.5 Å². The van der Waals surface area contributed by atoms with Crippen LogP contribution in [0.4, 0.5) is 0 Å². The van der Waals surface area contributed by atoms with E-state index in [4.69, 9.17) is 0 Å². The van der Waals surface area contributed by atoms with Crippen LogP contribution in [0.15, 0.2) is 24.3 Å². The first-order chi connectivity index (χ1) is 9.60. The number of nitrogens with one attached hydrogen (secondary N) is 1. The Morgan fingerprint density at radius 1 is 1.20 bits per heavy atom. The molecule has 3 atom stereocenters. The molecule has 0 spiro atoms. The topological polar surface area (TPSA) is 12.0 Å². The molecule has 0 heterocycles. The van der Waals surface area contributed by atoms with Crippen molar-refractivity contribution >= 4 is 22.6 Å². The molecule has 3 unspecified atom stereocenters. The van der Waals surface area contributed by atoms with Crippen molar-refractivity contribution in [3.05, 3.63) is 33.4 Å². The Labute approximate surface area is 138 Å². The SMILES string of the molecule is CCCNC(c1cccc(I)c1)C1CC(C)CC(C)C1. The quantitative estimate of drug-likeness (QED) is 0.669. The number of hydrogen-bond donors (Lipinski definition) is 1. The average molecular weight is 385 g/mol. The fourth-order valence-electron chi connectivity index (χ4n) is 3.84. The van der Waals surface area contributed by atoms with Crippen LogP contribution in [0.2, 0.25) is 0 Å². The lowest BCUT2D eigenvalue weighted by molar-refractivity contribution is 0.176. The second-order valence-electron chi connectivity index (χ2n) is 6.66. The summed E-state index contributed by atoms with van der Waals surface area (Å²) < 4.78 is 1.35. The molecule has 0 aromatic heterocycles. The predicted molar refractivity (Wildman–Crippen MR) is 95.9 cm³/mol. The normalized spacial score (nSPS) is 28.3. The molecule has 0 saturated heterocycles. The Hall–Kier alpha value is -0.0900. The summed E-state index contributed by atoms with van der Waals surface area (Å²) in [7, 11) is 0. The Balaban J connectivity index is 2.18. The van der Waals surface area contributed by atoms with Gasteiger partial charge >= 0.3 is 0 Å². The van der Waals surface area contributed by atoms with Gasteiger partial charge in [0.25, 0.3) is 0 Å². The minimum absolute atomic E-state index is 0.537. The van der Waals surface area contributed by atoms with Crippen molar-refractivity contribution in [3.8, 4) is 0 Å². The Bertz CT molecular complexity index is 408. The van der Waals surface area contributed by atoms with Crippen molar-refractivity contribution in [1.82, 2.24) is 5.32 Å². The molecule has 2 heteroatoms. The Morgan fingerprint density at radius 2 is 1.90 bits per heavy atom. The number of benzene rings is 1. The molecule has 1 N–H and O–H groups in total. The van der Waals surface area contributed by atoms with Crippen LogP contribution < -0.4 is 5.32 Å². The van der Waals surface area contributed by atoms with Crippen LogP contribution in [0.25, 0.3) is 0 Å². The summed E-state index contributed by atoms with van der Waals surface area (Å²) in [6.07, 6.45) is 5.36. The molecular weight excluding hydrogens is 357 g/mol. The van der Waals surface area contributed by atoms with Gasteiger partial charge in [-0.15, -0.1) is 0 Å². The lowest BCUT2D eigenvalue weighted by Crippen LogP contribution is -2.33. The van der Waals surface area contributed by atoms with E-state index in [1.165, 1.54) is 34.8 Å². The minimum Gasteiger partial charge on any atom is -0.310 e. The van der Waals surface area contributed by atoms with Gasteiger partial charge in [-0.2, -0.15) is 0 Å². The van der Waals surface area contributed by atoms with Gasteiger partial charge in [0.1, 0.15) is 0 Å². The maximum atomic E-state index is 3.82. The summed E-state index contributed by atoms with van der Waals surface area (Å²) in [5.74, 6) is 2.54. The van der Waals surface area contributed by atoms with E-state index in [9.17, 15) is 0 Å². The molecule has 1 aliphatic carbocycles. The van der Waals surface area contributed by atoms with Gasteiger partial charge in [0.15, 0.2) is 0 Å². The highest BCUT2D eigenvalue weighted by atomic mass is 127. The average Bonchev–Trinajstić information content (AvgIpc) is 2.38. The third kappa shape index (κ3) is 4.45. The van der Waals surface area contributed by atoms with Crippen molar-refractivity contribution in [2.75, 3.05) is 6.54 Å². The van der Waals surface area contributed by atoms with E-state index in [0.29, 0.717) is 6.04 Å². The van der Waals surface area contributed by atoms with Crippen molar-refractivity contribution in [2.24, 2.45) is 17.8 Å². The standard InChI is InChI=1S/C18H28IN/c1-4-8-20-18(15-6-5-7-17(19)12-15)16-10-13(2)9-14(3)11-16/h5-7,12-14,16,18,20H,4,8-11H2,1-3H3. The van der Waals surface area contributed by atoms with Gasteiger partial charge < -0.3 is 5.32 Å². The molecule has 1 saturated carbocycles. The predicted octanol–water partition coefficient (Wildman–Crippen LogP) is 5.40. The Morgan fingerprint density at radius 3 is 2.50 bits per heavy atom. The molecule has 1 aromatic rings. The molecule has 112 valence electrons. The molecular formula is C18H28IN. The zero-order chi connectivity index (χ0) is 14.5. The van der Waals surface area contributed by atoms with Crippen LogP contribution >= 0.6 is 22.6 Å². The fraction of sp³-hybridized carbons (Fsp3) is 0.667. The van der Waals surface area contributed by atoms with Crippen LogP contribution in [0.5, 0.6) is 0 Å². The molecule has 0 amide bonds. The van der Waals surface area contributed by atoms with E-state index in [2.05, 4.69) is 72.9 Å². The molecule has 20 heavy (non-hydrogen) atoms. The zero-order valence-electron chi connectivity index (χ0n) is 13.0. The molecule has 0 aliphatic heterocycles. The largest absolute Gasteiger partial charge is 0.310 e. The Kier molecular flexibility index (Phi) is 6.34. The van der Waals surface area contributed by atoms with E-state index in [1.807, 2.05) is 0 Å². The van der Waals surface area contributed by atoms with Crippen molar-refractivity contribution < 1.29 is 0 Å². The fourth-order valence-corrected chi connectivity index (χ4v) is 4.41. The third-order valence-corrected chi connectivity index (χ3v) is 5.18. The summed E-state index contributed by atoms with van der Waals surface area (Å²) >= 11 is 2.43. The molecule has 0 bridgehead atoms. The minimum atomic E-state index is 0.537. The van der Waals surface area contributed by atoms with Crippen LogP contribution in [0, 0.1) is 21.3 Å². The molecule has 1 fully saturated rings. The second-order valence-corrected chi connectivity index (χ2v) is 7.91. The number of rotatable bonds is 5. The first-order valence-electron chi connectivity index (χ1n) is 8.09. The van der Waals surface area contributed by atoms with E-state index < -0.39 is 0 Å². The van der Waals surface area contributed by atoms with E-state index in [1.54, 1.807) is 0 Å². The smallest absolute Gasteiger partial charge is 0.0349 e. The van der Waals surface area contributed by atoms with Crippen LogP contribution in [0.3, 0.4) is 0 Å². The lowest BCUT2D eigenvalue weighted by atomic mass is 9.72. The number of hydrogen-bond acceptors (Lipinski definition) is 1. The van der Waals surface area contributed by atoms with Crippen molar-refractivity contribution in [3.63, 3.8) is 0 Å². The lowest BCUT2D eigenvalue weighted by Gasteiger charge is -2.37. The zero-order valence-corrected chi connectivity index (χ0v) is 15.2. The highest BCUT2D eigenvalue weighted by Gasteiger charge is 2.30. The van der Waals surface area contributed by atoms with Crippen LogP contribution in [-0.2, 0) is 0 Å². The summed E-state index contributed by atoms with van der Waals surface area (Å²) in [5, 5.41) is 3.82.